The lowest BCUT2D eigenvalue weighted by atomic mass is 9.81. The molecule has 0 saturated heterocycles. The van der Waals surface area contributed by atoms with Crippen LogP contribution in [0.5, 0.6) is 5.75 Å². The number of hydrogen-bond donors (Lipinski definition) is 1. The van der Waals surface area contributed by atoms with E-state index in [0.717, 1.165) is 36.5 Å². The van der Waals surface area contributed by atoms with E-state index in [1.807, 2.05) is 18.7 Å². The van der Waals surface area contributed by atoms with Gasteiger partial charge in [-0.3, -0.25) is 4.79 Å². The molecule has 0 radical (unpaired) electrons. The van der Waals surface area contributed by atoms with Gasteiger partial charge in [0, 0.05) is 25.2 Å². The number of aromatic nitrogens is 2. The fraction of sp³-hybridized carbons (Fsp3) is 0.476. The molecule has 160 valence electrons. The summed E-state index contributed by atoms with van der Waals surface area (Å²) in [6.07, 6.45) is 3.46. The predicted molar refractivity (Wildman–Crippen MR) is 110 cm³/mol. The van der Waals surface area contributed by atoms with Crippen molar-refractivity contribution in [2.75, 3.05) is 41.4 Å². The zero-order chi connectivity index (χ0) is 21.3. The number of benzene rings is 1. The molecule has 0 spiro atoms. The molecule has 7 nitrogen and oxygen atoms in total. The van der Waals surface area contributed by atoms with Gasteiger partial charge < -0.3 is 19.9 Å². The lowest BCUT2D eigenvalue weighted by Gasteiger charge is -2.37. The Morgan fingerprint density at radius 3 is 2.70 bits per heavy atom. The third-order valence-electron chi connectivity index (χ3n) is 5.61. The number of halogens is 2. The summed E-state index contributed by atoms with van der Waals surface area (Å²) in [5.74, 6) is 0.241. The number of likely N-dealkylation sites (N-methyl/N-ethyl adjacent to an activating group) is 2. The van der Waals surface area contributed by atoms with Crippen LogP contribution < -0.4 is 19.9 Å². The molecule has 0 bridgehead atoms. The lowest BCUT2D eigenvalue weighted by molar-refractivity contribution is -0.117. The maximum absolute atomic E-state index is 13.2. The first-order valence-corrected chi connectivity index (χ1v) is 10.2. The molecule has 1 aromatic heterocycles. The minimum absolute atomic E-state index is 0.0547. The SMILES string of the molecule is CCN1CC(=O)N(CC)c2cnc(N[C@H]3C[C@@H](COc4ccc(F)c(F)c4)C3)nc21. The van der Waals surface area contributed by atoms with Crippen LogP contribution in [0.25, 0.3) is 0 Å². The number of carbonyl (C=O) groups excluding carboxylic acids is 1. The van der Waals surface area contributed by atoms with Crippen LogP contribution >= 0.6 is 0 Å². The van der Waals surface area contributed by atoms with Crippen molar-refractivity contribution in [3.8, 4) is 5.75 Å². The van der Waals surface area contributed by atoms with Crippen LogP contribution in [-0.4, -0.2) is 48.2 Å². The van der Waals surface area contributed by atoms with Gasteiger partial charge in [-0.2, -0.15) is 4.98 Å². The fourth-order valence-electron chi connectivity index (χ4n) is 3.88. The van der Waals surface area contributed by atoms with Crippen LogP contribution in [0.15, 0.2) is 24.4 Å². The second-order valence-corrected chi connectivity index (χ2v) is 7.62. The summed E-state index contributed by atoms with van der Waals surface area (Å²) in [5, 5.41) is 3.34. The van der Waals surface area contributed by atoms with Gasteiger partial charge >= 0.3 is 0 Å². The highest BCUT2D eigenvalue weighted by Gasteiger charge is 2.32. The smallest absolute Gasteiger partial charge is 0.246 e. The number of rotatable bonds is 7. The van der Waals surface area contributed by atoms with Gasteiger partial charge in [0.05, 0.1) is 19.3 Å². The molecule has 1 aliphatic carbocycles. The molecule has 1 aromatic carbocycles. The summed E-state index contributed by atoms with van der Waals surface area (Å²) < 4.78 is 31.8. The summed E-state index contributed by atoms with van der Waals surface area (Å²) in [5.41, 5.74) is 0.743. The monoisotopic (exact) mass is 417 g/mol. The van der Waals surface area contributed by atoms with Crippen molar-refractivity contribution in [3.05, 3.63) is 36.0 Å². The van der Waals surface area contributed by atoms with Crippen LogP contribution in [0, 0.1) is 17.6 Å². The Balaban J connectivity index is 1.33. The van der Waals surface area contributed by atoms with Crippen LogP contribution in [0.2, 0.25) is 0 Å². The normalized spacial score (nSPS) is 20.6. The molecule has 1 N–H and O–H groups in total. The molecule has 0 atom stereocenters. The Bertz CT molecular complexity index is 936. The zero-order valence-electron chi connectivity index (χ0n) is 17.1. The van der Waals surface area contributed by atoms with Crippen molar-refractivity contribution in [1.29, 1.82) is 0 Å². The Kier molecular flexibility index (Phi) is 5.69. The predicted octanol–water partition coefficient (Wildman–Crippen LogP) is 3.22. The van der Waals surface area contributed by atoms with Gasteiger partial charge in [-0.25, -0.2) is 13.8 Å². The molecule has 1 fully saturated rings. The second-order valence-electron chi connectivity index (χ2n) is 7.62. The molecule has 30 heavy (non-hydrogen) atoms. The molecule has 2 heterocycles. The first kappa shape index (κ1) is 20.3. The Labute approximate surface area is 174 Å². The van der Waals surface area contributed by atoms with Gasteiger partial charge in [-0.05, 0) is 44.7 Å². The minimum atomic E-state index is -0.908. The third-order valence-corrected chi connectivity index (χ3v) is 5.61. The van der Waals surface area contributed by atoms with E-state index >= 15 is 0 Å². The van der Waals surface area contributed by atoms with Gasteiger partial charge in [0.2, 0.25) is 11.9 Å². The van der Waals surface area contributed by atoms with E-state index in [9.17, 15) is 13.6 Å². The van der Waals surface area contributed by atoms with E-state index in [4.69, 9.17) is 4.74 Å². The van der Waals surface area contributed by atoms with Crippen molar-refractivity contribution < 1.29 is 18.3 Å². The van der Waals surface area contributed by atoms with E-state index in [0.29, 0.717) is 43.9 Å². The number of carbonyl (C=O) groups is 1. The Morgan fingerprint density at radius 2 is 2.00 bits per heavy atom. The van der Waals surface area contributed by atoms with Crippen LogP contribution in [0.1, 0.15) is 26.7 Å². The number of nitrogens with zero attached hydrogens (tertiary/aromatic N) is 4. The van der Waals surface area contributed by atoms with Crippen molar-refractivity contribution in [3.63, 3.8) is 0 Å². The molecule has 1 aliphatic heterocycles. The van der Waals surface area contributed by atoms with Gasteiger partial charge in [-0.15, -0.1) is 0 Å². The zero-order valence-corrected chi connectivity index (χ0v) is 17.1. The quantitative estimate of drug-likeness (QED) is 0.746. The number of anilines is 3. The molecule has 2 aliphatic rings. The van der Waals surface area contributed by atoms with Crippen LogP contribution in [-0.2, 0) is 4.79 Å². The summed E-state index contributed by atoms with van der Waals surface area (Å²) in [4.78, 5) is 25.0. The Hall–Kier alpha value is -2.97. The first-order chi connectivity index (χ1) is 14.5. The summed E-state index contributed by atoms with van der Waals surface area (Å²) in [6, 6.07) is 3.78. The maximum atomic E-state index is 13.2. The summed E-state index contributed by atoms with van der Waals surface area (Å²) in [7, 11) is 0. The molecule has 0 unspecified atom stereocenters. The minimum Gasteiger partial charge on any atom is -0.493 e. The van der Waals surface area contributed by atoms with E-state index < -0.39 is 11.6 Å². The summed E-state index contributed by atoms with van der Waals surface area (Å²) >= 11 is 0. The molecular weight excluding hydrogens is 392 g/mol. The lowest BCUT2D eigenvalue weighted by Crippen LogP contribution is -2.46. The largest absolute Gasteiger partial charge is 0.493 e. The van der Waals surface area contributed by atoms with Gasteiger partial charge in [0.1, 0.15) is 11.4 Å². The third kappa shape index (κ3) is 4.01. The van der Waals surface area contributed by atoms with E-state index in [1.54, 1.807) is 11.1 Å². The average molecular weight is 417 g/mol. The van der Waals surface area contributed by atoms with Crippen molar-refractivity contribution in [2.45, 2.75) is 32.7 Å². The molecule has 2 aromatic rings. The van der Waals surface area contributed by atoms with Crippen LogP contribution in [0.3, 0.4) is 0 Å². The number of hydrogen-bond acceptors (Lipinski definition) is 6. The standard InChI is InChI=1S/C21H25F2N5O2/c1-3-27-11-19(29)28(4-2)18-10-24-21(26-20(18)27)25-14-7-13(8-14)12-30-15-5-6-16(22)17(23)9-15/h5-6,9-10,13-14H,3-4,7-8,11-12H2,1-2H3,(H,24,25,26)/t13-,14+. The van der Waals surface area contributed by atoms with Gasteiger partial charge in [-0.1, -0.05) is 0 Å². The van der Waals surface area contributed by atoms with Gasteiger partial charge in [0.15, 0.2) is 17.5 Å². The summed E-state index contributed by atoms with van der Waals surface area (Å²) in [6.45, 7) is 5.98. The van der Waals surface area contributed by atoms with Crippen molar-refractivity contribution in [1.82, 2.24) is 9.97 Å². The number of amides is 1. The number of fused-ring (bicyclic) bond motifs is 1. The highest BCUT2D eigenvalue weighted by molar-refractivity contribution is 6.02. The number of ether oxygens (including phenoxy) is 1. The molecule has 9 heteroatoms. The van der Waals surface area contributed by atoms with E-state index in [1.165, 1.54) is 6.07 Å². The van der Waals surface area contributed by atoms with Gasteiger partial charge in [0.25, 0.3) is 0 Å². The highest BCUT2D eigenvalue weighted by Crippen LogP contribution is 2.34. The fourth-order valence-corrected chi connectivity index (χ4v) is 3.88. The van der Waals surface area contributed by atoms with Crippen LogP contribution in [0.4, 0.5) is 26.2 Å². The first-order valence-electron chi connectivity index (χ1n) is 10.2. The van der Waals surface area contributed by atoms with Crippen molar-refractivity contribution in [2.24, 2.45) is 5.92 Å². The second kappa shape index (κ2) is 8.41. The van der Waals surface area contributed by atoms with Crippen molar-refractivity contribution >= 4 is 23.4 Å². The Morgan fingerprint density at radius 1 is 1.20 bits per heavy atom. The molecule has 4 rings (SSSR count). The molecule has 1 saturated carbocycles. The van der Waals surface area contributed by atoms with E-state index in [2.05, 4.69) is 15.3 Å². The topological polar surface area (TPSA) is 70.6 Å². The highest BCUT2D eigenvalue weighted by atomic mass is 19.2. The molecule has 1 amide bonds. The average Bonchev–Trinajstić information content (AvgIpc) is 2.71. The maximum Gasteiger partial charge on any atom is 0.246 e. The number of nitrogens with one attached hydrogen (secondary N) is 1. The molecular formula is C21H25F2N5O2. The van der Waals surface area contributed by atoms with E-state index in [-0.39, 0.29) is 11.9 Å².